The molecular formula is C29H28BrClN4O4S. The summed E-state index contributed by atoms with van der Waals surface area (Å²) in [6.07, 6.45) is 1.54. The fourth-order valence-corrected chi connectivity index (χ4v) is 6.14. The third-order valence-electron chi connectivity index (χ3n) is 6.27. The predicted octanol–water partition coefficient (Wildman–Crippen LogP) is 6.17. The molecule has 0 aliphatic carbocycles. The van der Waals surface area contributed by atoms with Crippen LogP contribution in [0.15, 0.2) is 87.3 Å². The Kier molecular flexibility index (Phi) is 9.02. The minimum absolute atomic E-state index is 0.0433. The molecule has 1 N–H and O–H groups in total. The van der Waals surface area contributed by atoms with Crippen LogP contribution in [0.3, 0.4) is 0 Å². The first-order valence-electron chi connectivity index (χ1n) is 12.2. The number of methoxy groups -OCH3 is 1. The summed E-state index contributed by atoms with van der Waals surface area (Å²) in [4.78, 5) is 13.0. The molecule has 11 heteroatoms. The summed E-state index contributed by atoms with van der Waals surface area (Å²) in [5.74, 6) is -0.242. The van der Waals surface area contributed by atoms with Crippen molar-refractivity contribution < 1.29 is 17.9 Å². The van der Waals surface area contributed by atoms with Crippen molar-refractivity contribution in [3.05, 3.63) is 105 Å². The Bertz CT molecular complexity index is 1670. The van der Waals surface area contributed by atoms with E-state index in [-0.39, 0.29) is 15.6 Å². The lowest BCUT2D eigenvalue weighted by molar-refractivity contribution is -0.119. The summed E-state index contributed by atoms with van der Waals surface area (Å²) >= 11 is 9.74. The van der Waals surface area contributed by atoms with Crippen molar-refractivity contribution in [3.8, 4) is 11.4 Å². The summed E-state index contributed by atoms with van der Waals surface area (Å²) in [6.45, 7) is 5.29. The molecule has 0 saturated carbocycles. The molecule has 1 aromatic heterocycles. The third kappa shape index (κ3) is 6.41. The van der Waals surface area contributed by atoms with Crippen molar-refractivity contribution in [1.29, 1.82) is 0 Å². The van der Waals surface area contributed by atoms with Gasteiger partial charge in [0.2, 0.25) is 0 Å². The van der Waals surface area contributed by atoms with Crippen LogP contribution in [-0.2, 0) is 14.8 Å². The van der Waals surface area contributed by atoms with Crippen molar-refractivity contribution in [2.24, 2.45) is 5.10 Å². The highest BCUT2D eigenvalue weighted by molar-refractivity contribution is 9.10. The van der Waals surface area contributed by atoms with Gasteiger partial charge in [-0.3, -0.25) is 9.10 Å². The number of nitrogens with zero attached hydrogens (tertiary/aromatic N) is 3. The van der Waals surface area contributed by atoms with Crippen LogP contribution >= 0.6 is 27.5 Å². The van der Waals surface area contributed by atoms with Crippen molar-refractivity contribution in [2.75, 3.05) is 18.0 Å². The van der Waals surface area contributed by atoms with Gasteiger partial charge in [-0.1, -0.05) is 45.2 Å². The molecule has 4 rings (SSSR count). The number of hydrogen-bond acceptors (Lipinski definition) is 5. The molecule has 3 aromatic carbocycles. The van der Waals surface area contributed by atoms with Crippen LogP contribution in [0.4, 0.5) is 5.69 Å². The van der Waals surface area contributed by atoms with E-state index in [1.165, 1.54) is 31.4 Å². The van der Waals surface area contributed by atoms with E-state index in [2.05, 4.69) is 31.0 Å². The monoisotopic (exact) mass is 642 g/mol. The third-order valence-corrected chi connectivity index (χ3v) is 8.88. The van der Waals surface area contributed by atoms with Gasteiger partial charge >= 0.3 is 0 Å². The van der Waals surface area contributed by atoms with Crippen LogP contribution in [0.25, 0.3) is 5.69 Å². The second-order valence-corrected chi connectivity index (χ2v) is 12.3. The number of nitrogens with one attached hydrogen (secondary N) is 1. The van der Waals surface area contributed by atoms with Gasteiger partial charge < -0.3 is 9.30 Å². The van der Waals surface area contributed by atoms with Crippen LogP contribution in [-0.4, -0.2) is 38.8 Å². The van der Waals surface area contributed by atoms with Crippen LogP contribution in [0.2, 0.25) is 5.02 Å². The van der Waals surface area contributed by atoms with Crippen LogP contribution in [0, 0.1) is 20.8 Å². The summed E-state index contributed by atoms with van der Waals surface area (Å²) in [7, 11) is -2.65. The summed E-state index contributed by atoms with van der Waals surface area (Å²) in [5.41, 5.74) is 7.32. The minimum atomic E-state index is -4.11. The standard InChI is InChI=1S/C29H28BrClN4O4S/c1-19-5-12-26(13-6-19)40(37,38)34(25-11-14-28(39-4)27(31)16-25)18-29(36)33-32-17-22-15-20(2)35(21(22)3)24-9-7-23(30)8-10-24/h5-17H,18H2,1-4H3,(H,33,36)/b32-17-. The zero-order valence-corrected chi connectivity index (χ0v) is 25.5. The summed E-state index contributed by atoms with van der Waals surface area (Å²) in [5, 5.41) is 4.32. The number of sulfonamides is 1. The van der Waals surface area contributed by atoms with Crippen molar-refractivity contribution in [2.45, 2.75) is 25.7 Å². The van der Waals surface area contributed by atoms with Gasteiger partial charge in [0, 0.05) is 27.1 Å². The van der Waals surface area contributed by atoms with Gasteiger partial charge in [-0.05, 0) is 81.4 Å². The number of halogens is 2. The maximum atomic E-state index is 13.6. The van der Waals surface area contributed by atoms with Crippen molar-refractivity contribution >= 4 is 55.4 Å². The number of carbonyl (C=O) groups is 1. The first-order valence-corrected chi connectivity index (χ1v) is 14.8. The number of ether oxygens (including phenoxy) is 1. The Hall–Kier alpha value is -3.60. The molecule has 0 fully saturated rings. The number of anilines is 1. The number of hydrogen-bond donors (Lipinski definition) is 1. The predicted molar refractivity (Wildman–Crippen MR) is 162 cm³/mol. The highest BCUT2D eigenvalue weighted by Crippen LogP contribution is 2.32. The number of rotatable bonds is 9. The van der Waals surface area contributed by atoms with Gasteiger partial charge in [-0.2, -0.15) is 5.10 Å². The number of aromatic nitrogens is 1. The smallest absolute Gasteiger partial charge is 0.264 e. The first-order chi connectivity index (χ1) is 19.0. The van der Waals surface area contributed by atoms with Crippen molar-refractivity contribution in [1.82, 2.24) is 9.99 Å². The van der Waals surface area contributed by atoms with E-state index in [4.69, 9.17) is 16.3 Å². The maximum Gasteiger partial charge on any atom is 0.264 e. The molecule has 40 heavy (non-hydrogen) atoms. The van der Waals surface area contributed by atoms with E-state index in [9.17, 15) is 13.2 Å². The molecular weight excluding hydrogens is 616 g/mol. The molecule has 4 aromatic rings. The number of carbonyl (C=O) groups excluding carboxylic acids is 1. The quantitative estimate of drug-likeness (QED) is 0.174. The fourth-order valence-electron chi connectivity index (χ4n) is 4.21. The number of aryl methyl sites for hydroxylation is 2. The largest absolute Gasteiger partial charge is 0.495 e. The zero-order valence-electron chi connectivity index (χ0n) is 22.4. The second kappa shape index (κ2) is 12.3. The number of benzene rings is 3. The summed E-state index contributed by atoms with van der Waals surface area (Å²) < 4.78 is 36.5. The van der Waals surface area contributed by atoms with E-state index in [0.29, 0.717) is 5.75 Å². The number of amides is 1. The molecule has 0 aliphatic heterocycles. The van der Waals surface area contributed by atoms with E-state index < -0.39 is 22.5 Å². The van der Waals surface area contributed by atoms with Gasteiger partial charge in [-0.15, -0.1) is 0 Å². The molecule has 0 radical (unpaired) electrons. The Labute approximate surface area is 247 Å². The lowest BCUT2D eigenvalue weighted by atomic mass is 10.2. The van der Waals surface area contributed by atoms with Crippen molar-refractivity contribution in [3.63, 3.8) is 0 Å². The molecule has 0 spiro atoms. The topological polar surface area (TPSA) is 93.0 Å². The van der Waals surface area contributed by atoms with Gasteiger partial charge in [0.25, 0.3) is 15.9 Å². The molecule has 1 heterocycles. The Balaban J connectivity index is 1.57. The highest BCUT2D eigenvalue weighted by Gasteiger charge is 2.28. The Morgan fingerprint density at radius 2 is 1.73 bits per heavy atom. The Morgan fingerprint density at radius 3 is 2.35 bits per heavy atom. The van der Waals surface area contributed by atoms with Gasteiger partial charge in [-0.25, -0.2) is 13.8 Å². The molecule has 208 valence electrons. The average Bonchev–Trinajstić information content (AvgIpc) is 3.20. The fraction of sp³-hybridized carbons (Fsp3) is 0.172. The van der Waals surface area contributed by atoms with Crippen LogP contribution < -0.4 is 14.5 Å². The first kappa shape index (κ1) is 29.4. The lowest BCUT2D eigenvalue weighted by Gasteiger charge is -2.24. The SMILES string of the molecule is COc1ccc(N(CC(=O)N/N=C\c2cc(C)n(-c3ccc(Br)cc3)c2C)S(=O)(=O)c2ccc(C)cc2)cc1Cl. The lowest BCUT2D eigenvalue weighted by Crippen LogP contribution is -2.39. The van der Waals surface area contributed by atoms with E-state index in [1.54, 1.807) is 24.4 Å². The zero-order chi connectivity index (χ0) is 29.0. The van der Waals surface area contributed by atoms with E-state index in [0.717, 1.165) is 37.0 Å². The molecule has 1 amide bonds. The molecule has 0 bridgehead atoms. The maximum absolute atomic E-state index is 13.6. The van der Waals surface area contributed by atoms with E-state index >= 15 is 0 Å². The number of hydrazone groups is 1. The molecule has 0 atom stereocenters. The van der Waals surface area contributed by atoms with Crippen LogP contribution in [0.5, 0.6) is 5.75 Å². The second-order valence-electron chi connectivity index (χ2n) is 9.08. The van der Waals surface area contributed by atoms with Gasteiger partial charge in [0.1, 0.15) is 12.3 Å². The molecule has 8 nitrogen and oxygen atoms in total. The van der Waals surface area contributed by atoms with Gasteiger partial charge in [0.15, 0.2) is 0 Å². The van der Waals surface area contributed by atoms with Crippen LogP contribution in [0.1, 0.15) is 22.5 Å². The van der Waals surface area contributed by atoms with Gasteiger partial charge in [0.05, 0.1) is 28.9 Å². The minimum Gasteiger partial charge on any atom is -0.495 e. The average molecular weight is 644 g/mol. The molecule has 0 aliphatic rings. The molecule has 0 unspecified atom stereocenters. The molecule has 0 saturated heterocycles. The normalized spacial score (nSPS) is 11.6. The van der Waals surface area contributed by atoms with E-state index in [1.807, 2.05) is 51.1 Å². The summed E-state index contributed by atoms with van der Waals surface area (Å²) in [6, 6.07) is 20.8. The highest BCUT2D eigenvalue weighted by atomic mass is 79.9. The Morgan fingerprint density at radius 1 is 1.05 bits per heavy atom.